The summed E-state index contributed by atoms with van der Waals surface area (Å²) in [6.45, 7) is 0. The number of nitro benzene ring substituents is 1. The van der Waals surface area contributed by atoms with Crippen molar-refractivity contribution in [1.29, 1.82) is 0 Å². The van der Waals surface area contributed by atoms with E-state index in [1.165, 1.54) is 35.6 Å². The topological polar surface area (TPSA) is 115 Å². The normalized spacial score (nSPS) is 13.0. The van der Waals surface area contributed by atoms with Crippen molar-refractivity contribution in [2.75, 3.05) is 5.32 Å². The van der Waals surface area contributed by atoms with Crippen molar-refractivity contribution >= 4 is 39.9 Å². The average molecular weight is 357 g/mol. The molecule has 0 saturated heterocycles. The van der Waals surface area contributed by atoms with E-state index >= 15 is 0 Å². The van der Waals surface area contributed by atoms with Crippen LogP contribution in [-0.4, -0.2) is 16.7 Å². The molecule has 1 heterocycles. The molecule has 3 N–H and O–H groups in total. The maximum absolute atomic E-state index is 12.1. The fourth-order valence-corrected chi connectivity index (χ4v) is 4.12. The van der Waals surface area contributed by atoms with Crippen molar-refractivity contribution < 1.29 is 14.5 Å². The van der Waals surface area contributed by atoms with Gasteiger partial charge >= 0.3 is 0 Å². The molecule has 7 nitrogen and oxygen atoms in total. The molecule has 0 bridgehead atoms. The van der Waals surface area contributed by atoms with Crippen molar-refractivity contribution in [3.63, 3.8) is 0 Å². The molecule has 2 aromatic rings. The molecule has 8 heteroatoms. The van der Waals surface area contributed by atoms with Gasteiger partial charge in [-0.05, 0) is 36.5 Å². The number of fused-ring (bicyclic) bond motifs is 1. The summed E-state index contributed by atoms with van der Waals surface area (Å²) in [6.07, 6.45) is 5.42. The number of hydrogen-bond acceptors (Lipinski definition) is 5. The highest BCUT2D eigenvalue weighted by atomic mass is 32.1. The van der Waals surface area contributed by atoms with E-state index in [4.69, 9.17) is 5.73 Å². The SMILES string of the molecule is NC(=O)c1c(NC(=O)/C=C/c2cccc([N+](=O)[O-])c2)sc2c1CCC2. The van der Waals surface area contributed by atoms with Crippen LogP contribution in [0.5, 0.6) is 0 Å². The molecule has 2 amide bonds. The lowest BCUT2D eigenvalue weighted by molar-refractivity contribution is -0.384. The molecule has 1 aliphatic carbocycles. The van der Waals surface area contributed by atoms with Gasteiger partial charge in [-0.25, -0.2) is 0 Å². The molecular formula is C17H15N3O4S. The quantitative estimate of drug-likeness (QED) is 0.486. The predicted octanol–water partition coefficient (Wildman–Crippen LogP) is 2.90. The number of thiophene rings is 1. The number of benzene rings is 1. The lowest BCUT2D eigenvalue weighted by Gasteiger charge is -2.03. The van der Waals surface area contributed by atoms with Crippen molar-refractivity contribution in [1.82, 2.24) is 0 Å². The van der Waals surface area contributed by atoms with Gasteiger partial charge in [-0.3, -0.25) is 19.7 Å². The smallest absolute Gasteiger partial charge is 0.270 e. The third-order valence-corrected chi connectivity index (χ3v) is 5.12. The zero-order valence-corrected chi connectivity index (χ0v) is 14.0. The molecule has 0 aliphatic heterocycles. The number of primary amides is 1. The molecule has 1 aromatic carbocycles. The summed E-state index contributed by atoms with van der Waals surface area (Å²) >= 11 is 1.38. The van der Waals surface area contributed by atoms with E-state index in [0.29, 0.717) is 16.1 Å². The van der Waals surface area contributed by atoms with E-state index in [-0.39, 0.29) is 5.69 Å². The highest BCUT2D eigenvalue weighted by Crippen LogP contribution is 2.38. The Labute approximate surface area is 147 Å². The van der Waals surface area contributed by atoms with Crippen molar-refractivity contribution in [2.45, 2.75) is 19.3 Å². The summed E-state index contributed by atoms with van der Waals surface area (Å²) in [5, 5.41) is 13.9. The number of nitrogens with two attached hydrogens (primary N) is 1. The number of aryl methyl sites for hydroxylation is 1. The Morgan fingerprint density at radius 1 is 1.32 bits per heavy atom. The second-order valence-electron chi connectivity index (χ2n) is 5.60. The summed E-state index contributed by atoms with van der Waals surface area (Å²) < 4.78 is 0. The van der Waals surface area contributed by atoms with Gasteiger partial charge in [-0.1, -0.05) is 12.1 Å². The average Bonchev–Trinajstić information content (AvgIpc) is 3.13. The van der Waals surface area contributed by atoms with Crippen LogP contribution in [0, 0.1) is 10.1 Å². The first-order chi connectivity index (χ1) is 12.0. The minimum absolute atomic E-state index is 0.0479. The molecule has 128 valence electrons. The van der Waals surface area contributed by atoms with Crippen LogP contribution in [0.4, 0.5) is 10.7 Å². The summed E-state index contributed by atoms with van der Waals surface area (Å²) in [4.78, 5) is 35.2. The van der Waals surface area contributed by atoms with E-state index in [1.807, 2.05) is 0 Å². The molecule has 1 aliphatic rings. The number of non-ortho nitro benzene ring substituents is 1. The highest BCUT2D eigenvalue weighted by Gasteiger charge is 2.25. The largest absolute Gasteiger partial charge is 0.365 e. The predicted molar refractivity (Wildman–Crippen MR) is 95.6 cm³/mol. The van der Waals surface area contributed by atoms with E-state index in [2.05, 4.69) is 5.32 Å². The van der Waals surface area contributed by atoms with Crippen LogP contribution in [-0.2, 0) is 17.6 Å². The zero-order chi connectivity index (χ0) is 18.0. The summed E-state index contributed by atoms with van der Waals surface area (Å²) in [7, 11) is 0. The number of nitro groups is 1. The van der Waals surface area contributed by atoms with Gasteiger partial charge in [0.1, 0.15) is 5.00 Å². The van der Waals surface area contributed by atoms with Crippen LogP contribution in [0.25, 0.3) is 6.08 Å². The van der Waals surface area contributed by atoms with E-state index in [0.717, 1.165) is 29.7 Å². The lowest BCUT2D eigenvalue weighted by Crippen LogP contribution is -2.16. The maximum Gasteiger partial charge on any atom is 0.270 e. The molecule has 0 radical (unpaired) electrons. The molecule has 0 saturated carbocycles. The van der Waals surface area contributed by atoms with E-state index in [1.54, 1.807) is 12.1 Å². The first-order valence-electron chi connectivity index (χ1n) is 7.63. The Balaban J connectivity index is 1.76. The van der Waals surface area contributed by atoms with Gasteiger partial charge < -0.3 is 11.1 Å². The van der Waals surface area contributed by atoms with Crippen molar-refractivity contribution in [3.05, 3.63) is 62.0 Å². The maximum atomic E-state index is 12.1. The van der Waals surface area contributed by atoms with Gasteiger partial charge in [-0.15, -0.1) is 11.3 Å². The summed E-state index contributed by atoms with van der Waals surface area (Å²) in [5.74, 6) is -0.966. The van der Waals surface area contributed by atoms with Gasteiger partial charge in [0.2, 0.25) is 5.91 Å². The molecule has 1 aromatic heterocycles. The van der Waals surface area contributed by atoms with Gasteiger partial charge in [0.05, 0.1) is 10.5 Å². The van der Waals surface area contributed by atoms with Crippen LogP contribution in [0.1, 0.15) is 32.8 Å². The number of carbonyl (C=O) groups is 2. The van der Waals surface area contributed by atoms with Gasteiger partial charge in [0, 0.05) is 23.1 Å². The van der Waals surface area contributed by atoms with E-state index < -0.39 is 16.7 Å². The molecular weight excluding hydrogens is 342 g/mol. The first-order valence-corrected chi connectivity index (χ1v) is 8.45. The first kappa shape index (κ1) is 16.8. The Morgan fingerprint density at radius 2 is 2.12 bits per heavy atom. The molecule has 25 heavy (non-hydrogen) atoms. The minimum Gasteiger partial charge on any atom is -0.365 e. The number of carbonyl (C=O) groups excluding carboxylic acids is 2. The second-order valence-corrected chi connectivity index (χ2v) is 6.71. The minimum atomic E-state index is -0.544. The van der Waals surface area contributed by atoms with Crippen LogP contribution < -0.4 is 11.1 Å². The van der Waals surface area contributed by atoms with Crippen LogP contribution >= 0.6 is 11.3 Å². The van der Waals surface area contributed by atoms with Crippen molar-refractivity contribution in [3.8, 4) is 0 Å². The Hall–Kier alpha value is -3.00. The van der Waals surface area contributed by atoms with Gasteiger partial charge in [-0.2, -0.15) is 0 Å². The molecule has 0 atom stereocenters. The highest BCUT2D eigenvalue weighted by molar-refractivity contribution is 7.17. The molecule has 3 rings (SSSR count). The number of amides is 2. The summed E-state index contributed by atoms with van der Waals surface area (Å²) in [5.41, 5.74) is 7.28. The zero-order valence-electron chi connectivity index (χ0n) is 13.2. The Bertz CT molecular complexity index is 901. The van der Waals surface area contributed by atoms with E-state index in [9.17, 15) is 19.7 Å². The van der Waals surface area contributed by atoms with Gasteiger partial charge in [0.15, 0.2) is 0 Å². The third kappa shape index (κ3) is 3.58. The molecule has 0 unspecified atom stereocenters. The number of rotatable bonds is 5. The van der Waals surface area contributed by atoms with Crippen LogP contribution in [0.3, 0.4) is 0 Å². The van der Waals surface area contributed by atoms with Crippen molar-refractivity contribution in [2.24, 2.45) is 5.73 Å². The third-order valence-electron chi connectivity index (χ3n) is 3.91. The molecule has 0 fully saturated rings. The number of anilines is 1. The Kier molecular flexibility index (Phi) is 4.62. The second kappa shape index (κ2) is 6.86. The summed E-state index contributed by atoms with van der Waals surface area (Å²) in [6, 6.07) is 5.96. The number of nitrogens with zero attached hydrogens (tertiary/aromatic N) is 1. The van der Waals surface area contributed by atoms with Crippen LogP contribution in [0.15, 0.2) is 30.3 Å². The molecule has 0 spiro atoms. The fraction of sp³-hybridized carbons (Fsp3) is 0.176. The fourth-order valence-electron chi connectivity index (χ4n) is 2.82. The Morgan fingerprint density at radius 3 is 2.84 bits per heavy atom. The number of hydrogen-bond donors (Lipinski definition) is 2. The van der Waals surface area contributed by atoms with Gasteiger partial charge in [0.25, 0.3) is 11.6 Å². The standard InChI is InChI=1S/C17H15N3O4S/c18-16(22)15-12-5-2-6-13(12)25-17(15)19-14(21)8-7-10-3-1-4-11(9-10)20(23)24/h1,3-4,7-9H,2,5-6H2,(H2,18,22)(H,19,21)/b8-7+. The lowest BCUT2D eigenvalue weighted by atomic mass is 10.1. The monoisotopic (exact) mass is 357 g/mol. The van der Waals surface area contributed by atoms with Crippen LogP contribution in [0.2, 0.25) is 0 Å². The number of nitrogens with one attached hydrogen (secondary N) is 1.